The zero-order chi connectivity index (χ0) is 20.5. The molecule has 0 unspecified atom stereocenters. The van der Waals surface area contributed by atoms with E-state index in [9.17, 15) is 4.79 Å². The summed E-state index contributed by atoms with van der Waals surface area (Å²) in [5, 5.41) is 4.62. The number of aromatic nitrogens is 2. The zero-order valence-corrected chi connectivity index (χ0v) is 16.8. The maximum Gasteiger partial charge on any atom is 0.435 e. The molecule has 0 amide bonds. The van der Waals surface area contributed by atoms with Crippen LogP contribution < -0.4 is 14.2 Å². The van der Waals surface area contributed by atoms with E-state index in [2.05, 4.69) is 11.2 Å². The molecule has 0 fully saturated rings. The fourth-order valence-electron chi connectivity index (χ4n) is 3.87. The Morgan fingerprint density at radius 3 is 2.28 bits per heavy atom. The Hall–Kier alpha value is -3.48. The van der Waals surface area contributed by atoms with Crippen LogP contribution in [0, 0.1) is 0 Å². The minimum atomic E-state index is -0.555. The van der Waals surface area contributed by atoms with Gasteiger partial charge < -0.3 is 18.9 Å². The highest BCUT2D eigenvalue weighted by molar-refractivity contribution is 5.86. The monoisotopic (exact) mass is 394 g/mol. The van der Waals surface area contributed by atoms with Crippen LogP contribution in [0.25, 0.3) is 22.5 Å². The van der Waals surface area contributed by atoms with Crippen LogP contribution in [0.1, 0.15) is 11.1 Å². The molecule has 1 aromatic heterocycles. The van der Waals surface area contributed by atoms with E-state index in [-0.39, 0.29) is 0 Å². The van der Waals surface area contributed by atoms with Crippen LogP contribution in [0.5, 0.6) is 17.2 Å². The van der Waals surface area contributed by atoms with Gasteiger partial charge in [0.25, 0.3) is 0 Å². The van der Waals surface area contributed by atoms with Gasteiger partial charge in [0.2, 0.25) is 5.75 Å². The fraction of sp³-hybridized carbons (Fsp3) is 0.273. The van der Waals surface area contributed by atoms with Crippen LogP contribution in [0.15, 0.2) is 36.4 Å². The predicted octanol–water partition coefficient (Wildman–Crippen LogP) is 3.96. The van der Waals surface area contributed by atoms with E-state index in [0.29, 0.717) is 22.9 Å². The maximum absolute atomic E-state index is 12.6. The standard InChI is InChI=1S/C22H22N2O5/c1-26-17-11-14(12-18(27-2)21(17)28-3)20-16-10-9-13-7-5-6-8-15(13)19(16)23-24(20)22(25)29-4/h5-8,11-12H,9-10H2,1-4H3. The summed E-state index contributed by atoms with van der Waals surface area (Å²) in [7, 11) is 6.02. The highest BCUT2D eigenvalue weighted by Crippen LogP contribution is 2.44. The molecule has 1 heterocycles. The summed E-state index contributed by atoms with van der Waals surface area (Å²) in [6.45, 7) is 0. The number of carbonyl (C=O) groups excluding carboxylic acids is 1. The Bertz CT molecular complexity index is 1060. The van der Waals surface area contributed by atoms with Crippen molar-refractivity contribution in [1.82, 2.24) is 9.78 Å². The Balaban J connectivity index is 2.00. The summed E-state index contributed by atoms with van der Waals surface area (Å²) in [6.07, 6.45) is 1.07. The molecule has 1 aliphatic carbocycles. The molecule has 2 aromatic carbocycles. The first-order valence-corrected chi connectivity index (χ1v) is 9.21. The number of benzene rings is 2. The molecule has 150 valence electrons. The van der Waals surface area contributed by atoms with Crippen molar-refractivity contribution in [2.45, 2.75) is 12.8 Å². The van der Waals surface area contributed by atoms with Crippen molar-refractivity contribution >= 4 is 6.09 Å². The number of hydrogen-bond acceptors (Lipinski definition) is 6. The second-order valence-corrected chi connectivity index (χ2v) is 6.63. The molecule has 7 nitrogen and oxygen atoms in total. The fourth-order valence-corrected chi connectivity index (χ4v) is 3.87. The highest BCUT2D eigenvalue weighted by Gasteiger charge is 2.29. The molecule has 0 aliphatic heterocycles. The van der Waals surface area contributed by atoms with Gasteiger partial charge in [-0.1, -0.05) is 24.3 Å². The van der Waals surface area contributed by atoms with Crippen molar-refractivity contribution in [2.24, 2.45) is 0 Å². The Morgan fingerprint density at radius 1 is 0.966 bits per heavy atom. The van der Waals surface area contributed by atoms with Gasteiger partial charge in [0.15, 0.2) is 11.5 Å². The van der Waals surface area contributed by atoms with E-state index in [1.165, 1.54) is 17.4 Å². The van der Waals surface area contributed by atoms with Crippen LogP contribution in [0.4, 0.5) is 4.79 Å². The van der Waals surface area contributed by atoms with Crippen LogP contribution in [-0.4, -0.2) is 44.3 Å². The van der Waals surface area contributed by atoms with E-state index in [1.807, 2.05) is 30.3 Å². The van der Waals surface area contributed by atoms with Crippen molar-refractivity contribution in [3.05, 3.63) is 47.5 Å². The predicted molar refractivity (Wildman–Crippen MR) is 108 cm³/mol. The smallest absolute Gasteiger partial charge is 0.435 e. The number of aryl methyl sites for hydroxylation is 1. The van der Waals surface area contributed by atoms with Crippen LogP contribution in [0.3, 0.4) is 0 Å². The molecule has 0 radical (unpaired) electrons. The number of hydrogen-bond donors (Lipinski definition) is 0. The van der Waals surface area contributed by atoms with E-state index in [0.717, 1.165) is 35.2 Å². The van der Waals surface area contributed by atoms with E-state index < -0.39 is 6.09 Å². The second-order valence-electron chi connectivity index (χ2n) is 6.63. The molecule has 0 bridgehead atoms. The Morgan fingerprint density at radius 2 is 1.66 bits per heavy atom. The first-order chi connectivity index (χ1) is 14.1. The van der Waals surface area contributed by atoms with Gasteiger partial charge in [-0.2, -0.15) is 9.78 Å². The molecule has 4 rings (SSSR count). The van der Waals surface area contributed by atoms with Gasteiger partial charge in [0, 0.05) is 16.7 Å². The van der Waals surface area contributed by atoms with E-state index in [4.69, 9.17) is 18.9 Å². The average Bonchev–Trinajstić information content (AvgIpc) is 3.17. The van der Waals surface area contributed by atoms with Crippen molar-refractivity contribution in [3.8, 4) is 39.8 Å². The van der Waals surface area contributed by atoms with Crippen LogP contribution in [0.2, 0.25) is 0 Å². The Kier molecular flexibility index (Phi) is 4.88. The maximum atomic E-state index is 12.6. The third-order valence-electron chi connectivity index (χ3n) is 5.19. The van der Waals surface area contributed by atoms with Gasteiger partial charge in [-0.05, 0) is 30.5 Å². The first kappa shape index (κ1) is 18.9. The third kappa shape index (κ3) is 2.99. The number of nitrogens with zero attached hydrogens (tertiary/aromatic N) is 2. The molecule has 0 saturated heterocycles. The number of methoxy groups -OCH3 is 4. The van der Waals surface area contributed by atoms with Gasteiger partial charge in [0.1, 0.15) is 0 Å². The van der Waals surface area contributed by atoms with Crippen LogP contribution in [-0.2, 0) is 17.6 Å². The lowest BCUT2D eigenvalue weighted by Gasteiger charge is -2.17. The molecule has 7 heteroatoms. The van der Waals surface area contributed by atoms with Crippen molar-refractivity contribution in [3.63, 3.8) is 0 Å². The van der Waals surface area contributed by atoms with E-state index >= 15 is 0 Å². The topological polar surface area (TPSA) is 71.8 Å². The SMILES string of the molecule is COC(=O)n1nc2c(c1-c1cc(OC)c(OC)c(OC)c1)CCc1ccccc1-2. The number of rotatable bonds is 4. The van der Waals surface area contributed by atoms with Crippen molar-refractivity contribution < 1.29 is 23.7 Å². The quantitative estimate of drug-likeness (QED) is 0.667. The molecule has 0 saturated carbocycles. The van der Waals surface area contributed by atoms with Gasteiger partial charge in [-0.15, -0.1) is 0 Å². The van der Waals surface area contributed by atoms with Crippen LogP contribution >= 0.6 is 0 Å². The molecule has 0 atom stereocenters. The molecular formula is C22H22N2O5. The zero-order valence-electron chi connectivity index (χ0n) is 16.8. The van der Waals surface area contributed by atoms with Crippen molar-refractivity contribution in [1.29, 1.82) is 0 Å². The summed E-state index contributed by atoms with van der Waals surface area (Å²) < 4.78 is 22.7. The lowest BCUT2D eigenvalue weighted by molar-refractivity contribution is 0.169. The summed E-state index contributed by atoms with van der Waals surface area (Å²) >= 11 is 0. The number of carbonyl (C=O) groups is 1. The molecule has 0 N–H and O–H groups in total. The summed E-state index contributed by atoms with van der Waals surface area (Å²) in [6, 6.07) is 11.7. The molecular weight excluding hydrogens is 372 g/mol. The number of ether oxygens (including phenoxy) is 4. The summed E-state index contributed by atoms with van der Waals surface area (Å²) in [5.74, 6) is 1.50. The normalized spacial score (nSPS) is 12.0. The lowest BCUT2D eigenvalue weighted by atomic mass is 9.88. The largest absolute Gasteiger partial charge is 0.493 e. The molecule has 3 aromatic rings. The number of fused-ring (bicyclic) bond motifs is 3. The molecule has 0 spiro atoms. The summed E-state index contributed by atoms with van der Waals surface area (Å²) in [5.41, 5.74) is 5.43. The molecule has 29 heavy (non-hydrogen) atoms. The van der Waals surface area contributed by atoms with E-state index in [1.54, 1.807) is 21.3 Å². The van der Waals surface area contributed by atoms with Crippen molar-refractivity contribution in [2.75, 3.05) is 28.4 Å². The lowest BCUT2D eigenvalue weighted by Crippen LogP contribution is -2.14. The minimum Gasteiger partial charge on any atom is -0.493 e. The van der Waals surface area contributed by atoms with Gasteiger partial charge in [-0.25, -0.2) is 4.79 Å². The molecule has 1 aliphatic rings. The first-order valence-electron chi connectivity index (χ1n) is 9.21. The van der Waals surface area contributed by atoms with Gasteiger partial charge in [-0.3, -0.25) is 0 Å². The van der Waals surface area contributed by atoms with Gasteiger partial charge >= 0.3 is 6.09 Å². The average molecular weight is 394 g/mol. The third-order valence-corrected chi connectivity index (χ3v) is 5.19. The second kappa shape index (κ2) is 7.50. The Labute approximate surface area is 168 Å². The van der Waals surface area contributed by atoms with Gasteiger partial charge in [0.05, 0.1) is 39.8 Å². The minimum absolute atomic E-state index is 0.488. The summed E-state index contributed by atoms with van der Waals surface area (Å²) in [4.78, 5) is 12.6. The highest BCUT2D eigenvalue weighted by atomic mass is 16.5.